The van der Waals surface area contributed by atoms with Crippen LogP contribution in [0.5, 0.6) is 0 Å². The molecule has 3 fully saturated rings. The summed E-state index contributed by atoms with van der Waals surface area (Å²) in [6, 6.07) is -0.387. The number of carbonyl (C=O) groups is 5. The molecule has 1 saturated carbocycles. The molecule has 0 aromatic rings. The van der Waals surface area contributed by atoms with Crippen LogP contribution in [0.25, 0.3) is 0 Å². The number of aliphatic carboxylic acids is 1. The van der Waals surface area contributed by atoms with Crippen LogP contribution in [0.1, 0.15) is 64.2 Å². The van der Waals surface area contributed by atoms with Crippen LogP contribution < -0.4 is 0 Å². The van der Waals surface area contributed by atoms with Gasteiger partial charge in [-0.05, 0) is 51.4 Å². The molecule has 0 aromatic carbocycles. The molecular formula is C24H32N2O6S2. The van der Waals surface area contributed by atoms with Crippen LogP contribution in [0.15, 0.2) is 12.2 Å². The second kappa shape index (κ2) is 11.3. The van der Waals surface area contributed by atoms with E-state index >= 15 is 0 Å². The predicted octanol–water partition coefficient (Wildman–Crippen LogP) is 3.06. The van der Waals surface area contributed by atoms with Crippen LogP contribution in [0.3, 0.4) is 0 Å². The van der Waals surface area contributed by atoms with Crippen molar-refractivity contribution in [1.82, 2.24) is 9.80 Å². The van der Waals surface area contributed by atoms with Gasteiger partial charge in [0.1, 0.15) is 0 Å². The van der Waals surface area contributed by atoms with E-state index in [1.54, 1.807) is 26.5 Å². The second-order valence-electron chi connectivity index (χ2n) is 9.67. The highest BCUT2D eigenvalue weighted by Crippen LogP contribution is 2.54. The molecule has 0 aromatic heterocycles. The topological polar surface area (TPSA) is 112 Å². The molecule has 2 saturated heterocycles. The number of amides is 3. The van der Waals surface area contributed by atoms with Crippen molar-refractivity contribution in [2.45, 2.75) is 80.7 Å². The van der Waals surface area contributed by atoms with Gasteiger partial charge in [0.2, 0.25) is 5.91 Å². The molecule has 3 amide bonds. The molecule has 8 nitrogen and oxygen atoms in total. The Kier molecular flexibility index (Phi) is 8.39. The summed E-state index contributed by atoms with van der Waals surface area (Å²) in [4.78, 5) is 64.2. The lowest BCUT2D eigenvalue weighted by molar-refractivity contribution is -0.143. The molecule has 1 N–H and O–H groups in total. The summed E-state index contributed by atoms with van der Waals surface area (Å²) in [5.41, 5.74) is 0. The second-order valence-corrected chi connectivity index (χ2v) is 12.4. The molecule has 186 valence electrons. The summed E-state index contributed by atoms with van der Waals surface area (Å²) < 4.78 is 0. The Bertz CT molecular complexity index is 860. The zero-order valence-electron chi connectivity index (χ0n) is 19.2. The lowest BCUT2D eigenvalue weighted by Crippen LogP contribution is -2.45. The maximum absolute atomic E-state index is 13.5. The summed E-state index contributed by atoms with van der Waals surface area (Å²) in [5, 5.41) is 10.2. The van der Waals surface area contributed by atoms with Crippen molar-refractivity contribution < 1.29 is 29.1 Å². The number of carboxylic acid groups (broad SMARTS) is 1. The van der Waals surface area contributed by atoms with Gasteiger partial charge in [-0.3, -0.25) is 28.9 Å². The summed E-state index contributed by atoms with van der Waals surface area (Å²) >= 11 is 0. The highest BCUT2D eigenvalue weighted by molar-refractivity contribution is 8.80. The first kappa shape index (κ1) is 25.3. The van der Waals surface area contributed by atoms with Gasteiger partial charge in [0.05, 0.1) is 12.0 Å². The molecule has 10 heteroatoms. The Morgan fingerprint density at radius 2 is 1.56 bits per heavy atom. The average molecular weight is 509 g/mol. The van der Waals surface area contributed by atoms with E-state index in [1.807, 2.05) is 0 Å². The van der Waals surface area contributed by atoms with Gasteiger partial charge in [-0.1, -0.05) is 28.0 Å². The van der Waals surface area contributed by atoms with Gasteiger partial charge in [0.25, 0.3) is 11.8 Å². The number of carboxylic acids is 1. The van der Waals surface area contributed by atoms with Gasteiger partial charge in [0.15, 0.2) is 5.78 Å². The predicted molar refractivity (Wildman–Crippen MR) is 130 cm³/mol. The first-order chi connectivity index (χ1) is 16.3. The van der Waals surface area contributed by atoms with E-state index in [-0.39, 0.29) is 41.4 Å². The minimum Gasteiger partial charge on any atom is -0.481 e. The first-order valence-corrected chi connectivity index (χ1v) is 14.5. The van der Waals surface area contributed by atoms with Gasteiger partial charge >= 0.3 is 5.97 Å². The highest BCUT2D eigenvalue weighted by atomic mass is 33.1. The summed E-state index contributed by atoms with van der Waals surface area (Å²) in [6.45, 7) is 0.958. The largest absolute Gasteiger partial charge is 0.481 e. The molecule has 4 unspecified atom stereocenters. The fourth-order valence-electron chi connectivity index (χ4n) is 5.43. The third kappa shape index (κ3) is 5.70. The van der Waals surface area contributed by atoms with E-state index in [0.29, 0.717) is 68.5 Å². The quantitative estimate of drug-likeness (QED) is 0.287. The molecular weight excluding hydrogens is 476 g/mol. The van der Waals surface area contributed by atoms with Crippen LogP contribution in [0.2, 0.25) is 0 Å². The number of fused-ring (bicyclic) bond motifs is 1. The van der Waals surface area contributed by atoms with Crippen LogP contribution in [0.4, 0.5) is 0 Å². The van der Waals surface area contributed by atoms with E-state index in [4.69, 9.17) is 0 Å². The van der Waals surface area contributed by atoms with Crippen molar-refractivity contribution in [1.29, 1.82) is 0 Å². The molecule has 5 atom stereocenters. The molecule has 4 aliphatic rings. The minimum absolute atomic E-state index is 0.00782. The third-order valence-corrected chi connectivity index (χ3v) is 11.1. The Hall–Kier alpha value is -1.81. The van der Waals surface area contributed by atoms with Crippen molar-refractivity contribution in [3.63, 3.8) is 0 Å². The Morgan fingerprint density at radius 3 is 2.21 bits per heavy atom. The van der Waals surface area contributed by atoms with Crippen molar-refractivity contribution in [2.24, 2.45) is 11.8 Å². The SMILES string of the molecule is O=C(O)C1CCC(C(=O)[C@@H]2CCCN2C(=O)CCCCCN2C(=O)C=CC2=O)CC2SSC2C1. The zero-order chi connectivity index (χ0) is 24.2. The molecule has 0 bridgehead atoms. The number of Topliss-reactive ketones (excluding diaryl/α,β-unsaturated/α-hetero) is 1. The molecule has 0 radical (unpaired) electrons. The first-order valence-electron chi connectivity index (χ1n) is 12.3. The third-order valence-electron chi connectivity index (χ3n) is 7.44. The van der Waals surface area contributed by atoms with E-state index in [2.05, 4.69) is 0 Å². The van der Waals surface area contributed by atoms with Crippen LogP contribution in [-0.2, 0) is 24.0 Å². The number of hydrogen-bond acceptors (Lipinski definition) is 7. The fourth-order valence-corrected chi connectivity index (χ4v) is 8.44. The Labute approximate surface area is 207 Å². The molecule has 3 heterocycles. The maximum Gasteiger partial charge on any atom is 0.306 e. The Balaban J connectivity index is 1.26. The smallest absolute Gasteiger partial charge is 0.306 e. The zero-order valence-corrected chi connectivity index (χ0v) is 20.9. The van der Waals surface area contributed by atoms with Crippen molar-refractivity contribution >= 4 is 51.1 Å². The number of rotatable bonds is 9. The summed E-state index contributed by atoms with van der Waals surface area (Å²) in [7, 11) is 3.50. The van der Waals surface area contributed by atoms with Gasteiger partial charge in [-0.25, -0.2) is 0 Å². The standard InChI is InChI=1S/C24H32N2O6S2/c27-20(6-2-1-3-11-26-21(28)9-10-22(26)29)25-12-4-5-17(25)23(30)15-7-8-16(24(31)32)14-19-18(13-15)33-34-19/h9-10,15-19H,1-8,11-14H2,(H,31,32)/t15?,16?,17-,18?,19?/m0/s1. The summed E-state index contributed by atoms with van der Waals surface area (Å²) in [5.74, 6) is -1.79. The van der Waals surface area contributed by atoms with E-state index in [9.17, 15) is 29.1 Å². The van der Waals surface area contributed by atoms with Gasteiger partial charge in [-0.2, -0.15) is 0 Å². The summed E-state index contributed by atoms with van der Waals surface area (Å²) in [6.07, 6.45) is 9.02. The van der Waals surface area contributed by atoms with Crippen LogP contribution >= 0.6 is 21.6 Å². The van der Waals surface area contributed by atoms with Gasteiger partial charge in [0, 0.05) is 48.1 Å². The van der Waals surface area contributed by atoms with Crippen molar-refractivity contribution in [3.8, 4) is 0 Å². The van der Waals surface area contributed by atoms with E-state index < -0.39 is 5.97 Å². The highest BCUT2D eigenvalue weighted by Gasteiger charge is 2.44. The fraction of sp³-hybridized carbons (Fsp3) is 0.708. The molecule has 4 rings (SSSR count). The number of ketones is 1. The van der Waals surface area contributed by atoms with E-state index in [0.717, 1.165) is 19.3 Å². The number of likely N-dealkylation sites (tertiary alicyclic amines) is 1. The average Bonchev–Trinajstić information content (AvgIpc) is 3.40. The van der Waals surface area contributed by atoms with Crippen molar-refractivity contribution in [3.05, 3.63) is 12.2 Å². The Morgan fingerprint density at radius 1 is 0.912 bits per heavy atom. The molecule has 3 aliphatic heterocycles. The maximum atomic E-state index is 13.5. The number of imide groups is 1. The number of nitrogens with zero attached hydrogens (tertiary/aromatic N) is 2. The molecule has 34 heavy (non-hydrogen) atoms. The normalized spacial score (nSPS) is 31.1. The van der Waals surface area contributed by atoms with Crippen LogP contribution in [0, 0.1) is 11.8 Å². The lowest BCUT2D eigenvalue weighted by atomic mass is 9.81. The van der Waals surface area contributed by atoms with E-state index in [1.165, 1.54) is 17.1 Å². The van der Waals surface area contributed by atoms with Crippen LogP contribution in [-0.4, -0.2) is 74.0 Å². The van der Waals surface area contributed by atoms with Crippen molar-refractivity contribution in [2.75, 3.05) is 13.1 Å². The number of unbranched alkanes of at least 4 members (excludes halogenated alkanes) is 2. The molecule has 1 aliphatic carbocycles. The minimum atomic E-state index is -0.767. The number of carbonyl (C=O) groups excluding carboxylic acids is 4. The van der Waals surface area contributed by atoms with Gasteiger partial charge in [-0.15, -0.1) is 0 Å². The monoisotopic (exact) mass is 508 g/mol. The van der Waals surface area contributed by atoms with Gasteiger partial charge < -0.3 is 10.0 Å². The molecule has 0 spiro atoms. The lowest BCUT2D eigenvalue weighted by Gasteiger charge is -2.41. The number of hydrogen-bond donors (Lipinski definition) is 1.